The molecular formula is C8H14N4. The van der Waals surface area contributed by atoms with Crippen LogP contribution in [0.1, 0.15) is 6.42 Å². The molecule has 3 unspecified atom stereocenters. The van der Waals surface area contributed by atoms with Gasteiger partial charge in [-0.1, -0.05) is 0 Å². The number of hydrogen-bond acceptors (Lipinski definition) is 2. The first-order chi connectivity index (χ1) is 5.77. The smallest absolute Gasteiger partial charge is 0.185 e. The lowest BCUT2D eigenvalue weighted by Gasteiger charge is -2.37. The summed E-state index contributed by atoms with van der Waals surface area (Å²) in [7, 11) is 0. The topological polar surface area (TPSA) is 76.8 Å². The van der Waals surface area contributed by atoms with E-state index in [9.17, 15) is 0 Å². The molecule has 1 heterocycles. The largest absolute Gasteiger partial charge is 0.370 e. The van der Waals surface area contributed by atoms with Crippen molar-refractivity contribution in [1.82, 2.24) is 0 Å². The van der Waals surface area contributed by atoms with E-state index in [0.29, 0.717) is 11.8 Å². The van der Waals surface area contributed by atoms with Crippen LogP contribution in [0.15, 0.2) is 9.98 Å². The molecule has 0 radical (unpaired) electrons. The molecule has 4 N–H and O–H groups in total. The Kier molecular flexibility index (Phi) is 1.75. The fourth-order valence-electron chi connectivity index (χ4n) is 2.07. The Labute approximate surface area is 71.8 Å². The number of rotatable bonds is 2. The van der Waals surface area contributed by atoms with E-state index in [0.717, 1.165) is 19.0 Å². The highest BCUT2D eigenvalue weighted by Gasteiger charge is 2.41. The summed E-state index contributed by atoms with van der Waals surface area (Å²) in [6.07, 6.45) is 3.31. The average molecular weight is 166 g/mol. The first kappa shape index (κ1) is 7.58. The molecule has 0 saturated heterocycles. The van der Waals surface area contributed by atoms with Gasteiger partial charge in [0.15, 0.2) is 5.96 Å². The third-order valence-electron chi connectivity index (χ3n) is 2.82. The third kappa shape index (κ3) is 1.17. The summed E-state index contributed by atoms with van der Waals surface area (Å²) in [6.45, 7) is 1.79. The van der Waals surface area contributed by atoms with Gasteiger partial charge in [0, 0.05) is 25.2 Å². The molecule has 1 fully saturated rings. The van der Waals surface area contributed by atoms with Gasteiger partial charge in [0.05, 0.1) is 0 Å². The fourth-order valence-corrected chi connectivity index (χ4v) is 2.07. The Bertz CT molecular complexity index is 229. The van der Waals surface area contributed by atoms with Gasteiger partial charge in [-0.3, -0.25) is 9.98 Å². The van der Waals surface area contributed by atoms with Crippen molar-refractivity contribution >= 4 is 12.2 Å². The van der Waals surface area contributed by atoms with Crippen molar-refractivity contribution in [3.05, 3.63) is 0 Å². The van der Waals surface area contributed by atoms with E-state index >= 15 is 0 Å². The lowest BCUT2D eigenvalue weighted by atomic mass is 9.67. The normalized spacial score (nSPS) is 37.2. The van der Waals surface area contributed by atoms with E-state index in [1.54, 1.807) is 0 Å². The van der Waals surface area contributed by atoms with E-state index in [2.05, 4.69) is 16.2 Å². The fraction of sp³-hybridized carbons (Fsp3) is 0.750. The number of nitrogens with zero attached hydrogens (tertiary/aromatic N) is 2. The maximum atomic E-state index is 5.25. The van der Waals surface area contributed by atoms with Crippen LogP contribution in [-0.2, 0) is 0 Å². The Morgan fingerprint density at radius 1 is 1.58 bits per heavy atom. The number of aliphatic imine (C=N–C) groups is 2. The van der Waals surface area contributed by atoms with Crippen molar-refractivity contribution in [2.24, 2.45) is 39.2 Å². The van der Waals surface area contributed by atoms with E-state index in [4.69, 9.17) is 11.5 Å². The minimum atomic E-state index is 0.202. The molecule has 1 aliphatic heterocycles. The summed E-state index contributed by atoms with van der Waals surface area (Å²) in [5, 5.41) is 0. The molecule has 1 aliphatic carbocycles. The molecule has 4 heteroatoms. The predicted octanol–water partition coefficient (Wildman–Crippen LogP) is -0.403. The molecule has 2 aliphatic rings. The van der Waals surface area contributed by atoms with Gasteiger partial charge in [0.1, 0.15) is 0 Å². The zero-order valence-electron chi connectivity index (χ0n) is 6.98. The highest BCUT2D eigenvalue weighted by Crippen LogP contribution is 2.42. The van der Waals surface area contributed by atoms with Crippen LogP contribution in [0.2, 0.25) is 0 Å². The van der Waals surface area contributed by atoms with Crippen molar-refractivity contribution in [1.29, 1.82) is 0 Å². The lowest BCUT2D eigenvalue weighted by molar-refractivity contribution is 0.164. The molecule has 4 nitrogen and oxygen atoms in total. The summed E-state index contributed by atoms with van der Waals surface area (Å²) in [5.41, 5.74) is 10.5. The summed E-state index contributed by atoms with van der Waals surface area (Å²) >= 11 is 0. The van der Waals surface area contributed by atoms with Crippen molar-refractivity contribution < 1.29 is 0 Å². The summed E-state index contributed by atoms with van der Waals surface area (Å²) in [4.78, 5) is 8.27. The molecule has 0 aromatic carbocycles. The zero-order valence-corrected chi connectivity index (χ0v) is 6.98. The van der Waals surface area contributed by atoms with Crippen LogP contribution in [0.5, 0.6) is 0 Å². The molecule has 1 saturated carbocycles. The maximum Gasteiger partial charge on any atom is 0.185 e. The summed E-state index contributed by atoms with van der Waals surface area (Å²) in [6, 6.07) is 0. The molecule has 2 rings (SSSR count). The van der Waals surface area contributed by atoms with Gasteiger partial charge in [0.25, 0.3) is 0 Å². The van der Waals surface area contributed by atoms with Gasteiger partial charge in [-0.05, 0) is 18.3 Å². The van der Waals surface area contributed by atoms with E-state index in [1.165, 1.54) is 6.42 Å². The molecule has 12 heavy (non-hydrogen) atoms. The maximum absolute atomic E-state index is 5.25. The van der Waals surface area contributed by atoms with Crippen LogP contribution in [-0.4, -0.2) is 25.3 Å². The van der Waals surface area contributed by atoms with E-state index in [-0.39, 0.29) is 5.96 Å². The third-order valence-corrected chi connectivity index (χ3v) is 2.82. The van der Waals surface area contributed by atoms with Crippen molar-refractivity contribution in [2.45, 2.75) is 6.42 Å². The van der Waals surface area contributed by atoms with Gasteiger partial charge in [0.2, 0.25) is 0 Å². The van der Waals surface area contributed by atoms with Gasteiger partial charge >= 0.3 is 0 Å². The van der Waals surface area contributed by atoms with Crippen LogP contribution >= 0.6 is 0 Å². The van der Waals surface area contributed by atoms with Gasteiger partial charge in [-0.15, -0.1) is 0 Å². The number of hydrogen-bond donors (Lipinski definition) is 2. The Hall–Kier alpha value is -1.06. The zero-order chi connectivity index (χ0) is 8.55. The SMILES string of the molecule is NC(N)=NCC1CC2CN=CC21. The van der Waals surface area contributed by atoms with Crippen LogP contribution in [0.3, 0.4) is 0 Å². The van der Waals surface area contributed by atoms with Gasteiger partial charge in [-0.2, -0.15) is 0 Å². The number of guanidine groups is 1. The average Bonchev–Trinajstić information content (AvgIpc) is 2.32. The molecule has 0 bridgehead atoms. The van der Waals surface area contributed by atoms with Crippen molar-refractivity contribution in [3.63, 3.8) is 0 Å². The van der Waals surface area contributed by atoms with Gasteiger partial charge in [-0.25, -0.2) is 0 Å². The molecular weight excluding hydrogens is 152 g/mol. The second kappa shape index (κ2) is 2.77. The van der Waals surface area contributed by atoms with Crippen molar-refractivity contribution in [3.8, 4) is 0 Å². The molecule has 0 amide bonds. The monoisotopic (exact) mass is 166 g/mol. The summed E-state index contributed by atoms with van der Waals surface area (Å²) in [5.74, 6) is 2.30. The quantitative estimate of drug-likeness (QED) is 0.432. The minimum Gasteiger partial charge on any atom is -0.370 e. The second-order valence-electron chi connectivity index (χ2n) is 3.61. The first-order valence-corrected chi connectivity index (χ1v) is 4.32. The van der Waals surface area contributed by atoms with Crippen LogP contribution in [0.25, 0.3) is 0 Å². The Balaban J connectivity index is 1.85. The van der Waals surface area contributed by atoms with E-state index < -0.39 is 0 Å². The minimum absolute atomic E-state index is 0.202. The molecule has 3 atom stereocenters. The standard InChI is InChI=1S/C8H14N4/c9-8(10)12-3-6-1-5-2-11-4-7(5)6/h4-7H,1-3H2,(H4,9,10,12). The van der Waals surface area contributed by atoms with Crippen LogP contribution < -0.4 is 11.5 Å². The van der Waals surface area contributed by atoms with Crippen LogP contribution in [0, 0.1) is 17.8 Å². The Morgan fingerprint density at radius 2 is 2.42 bits per heavy atom. The highest BCUT2D eigenvalue weighted by molar-refractivity contribution is 5.75. The molecule has 0 aromatic rings. The highest BCUT2D eigenvalue weighted by atomic mass is 15.0. The van der Waals surface area contributed by atoms with Gasteiger partial charge < -0.3 is 11.5 Å². The molecule has 0 aromatic heterocycles. The van der Waals surface area contributed by atoms with Crippen molar-refractivity contribution in [2.75, 3.05) is 13.1 Å². The van der Waals surface area contributed by atoms with Crippen LogP contribution in [0.4, 0.5) is 0 Å². The predicted molar refractivity (Wildman–Crippen MR) is 49.1 cm³/mol. The van der Waals surface area contributed by atoms with E-state index in [1.807, 2.05) is 0 Å². The molecule has 0 spiro atoms. The summed E-state index contributed by atoms with van der Waals surface area (Å²) < 4.78 is 0. The lowest BCUT2D eigenvalue weighted by Crippen LogP contribution is -2.38. The number of fused-ring (bicyclic) bond motifs is 1. The first-order valence-electron chi connectivity index (χ1n) is 4.32. The molecule has 66 valence electrons. The number of nitrogens with two attached hydrogens (primary N) is 2. The Morgan fingerprint density at radius 3 is 3.08 bits per heavy atom. The second-order valence-corrected chi connectivity index (χ2v) is 3.61.